The van der Waals surface area contributed by atoms with E-state index in [0.717, 1.165) is 11.8 Å². The molecule has 0 aliphatic carbocycles. The van der Waals surface area contributed by atoms with E-state index in [-0.39, 0.29) is 33.5 Å². The van der Waals surface area contributed by atoms with Crippen LogP contribution in [0.15, 0.2) is 12.1 Å². The van der Waals surface area contributed by atoms with Crippen LogP contribution < -0.4 is 9.47 Å². The van der Waals surface area contributed by atoms with Crippen LogP contribution in [0.4, 0.5) is 0 Å². The van der Waals surface area contributed by atoms with E-state index >= 15 is 0 Å². The van der Waals surface area contributed by atoms with Crippen LogP contribution in [-0.2, 0) is 4.79 Å². The molecule has 0 saturated heterocycles. The summed E-state index contributed by atoms with van der Waals surface area (Å²) < 4.78 is 10.2. The van der Waals surface area contributed by atoms with Gasteiger partial charge >= 0.3 is 0 Å². The van der Waals surface area contributed by atoms with Gasteiger partial charge in [-0.2, -0.15) is 0 Å². The average molecular weight is 314 g/mol. The van der Waals surface area contributed by atoms with Crippen LogP contribution in [0.3, 0.4) is 0 Å². The molecule has 0 spiro atoms. The molecule has 2 N–H and O–H groups in total. The molecule has 0 aliphatic heterocycles. The summed E-state index contributed by atoms with van der Waals surface area (Å²) in [6, 6.07) is 2.87. The second-order valence-electron chi connectivity index (χ2n) is 4.27. The van der Waals surface area contributed by atoms with E-state index in [1.165, 1.54) is 33.3 Å². The number of carbonyl (C=O) groups is 2. The van der Waals surface area contributed by atoms with Crippen LogP contribution in [0.1, 0.15) is 28.9 Å². The smallest absolute Gasteiger partial charge is 0.185 e. The highest BCUT2D eigenvalue weighted by atomic mass is 32.2. The van der Waals surface area contributed by atoms with Gasteiger partial charge in [0.05, 0.1) is 25.9 Å². The van der Waals surface area contributed by atoms with Crippen LogP contribution >= 0.6 is 11.8 Å². The summed E-state index contributed by atoms with van der Waals surface area (Å²) in [7, 11) is 2.79. The number of hydrogen-bond acceptors (Lipinski definition) is 7. The Balaban J connectivity index is 3.09. The largest absolute Gasteiger partial charge is 0.496 e. The van der Waals surface area contributed by atoms with Crippen molar-refractivity contribution in [1.82, 2.24) is 0 Å². The molecule has 0 fully saturated rings. The van der Waals surface area contributed by atoms with Gasteiger partial charge in [0.25, 0.3) is 0 Å². The first-order valence-corrected chi connectivity index (χ1v) is 7.13. The van der Waals surface area contributed by atoms with Crippen LogP contribution in [-0.4, -0.2) is 47.7 Å². The number of aldehydes is 1. The van der Waals surface area contributed by atoms with Crippen molar-refractivity contribution in [3.8, 4) is 11.5 Å². The molecule has 0 bridgehead atoms. The first-order valence-electron chi connectivity index (χ1n) is 6.15. The Hall–Kier alpha value is -1.57. The molecule has 0 saturated carbocycles. The van der Waals surface area contributed by atoms with Crippen LogP contribution in [0.25, 0.3) is 0 Å². The van der Waals surface area contributed by atoms with Gasteiger partial charge in [0, 0.05) is 18.2 Å². The van der Waals surface area contributed by atoms with Crippen molar-refractivity contribution in [2.45, 2.75) is 19.1 Å². The first kappa shape index (κ1) is 17.5. The number of hydrogen-bond donors (Lipinski definition) is 2. The monoisotopic (exact) mass is 314 g/mol. The quantitative estimate of drug-likeness (QED) is 0.730. The Kier molecular flexibility index (Phi) is 6.67. The van der Waals surface area contributed by atoms with Gasteiger partial charge in [-0.3, -0.25) is 9.59 Å². The molecule has 21 heavy (non-hydrogen) atoms. The maximum atomic E-state index is 11.0. The summed E-state index contributed by atoms with van der Waals surface area (Å²) in [5.74, 6) is 0.584. The topological polar surface area (TPSA) is 93.1 Å². The molecule has 0 aromatic heterocycles. The first-order chi connectivity index (χ1) is 9.94. The molecule has 1 aromatic rings. The highest BCUT2D eigenvalue weighted by molar-refractivity contribution is 8.13. The lowest BCUT2D eigenvalue weighted by Crippen LogP contribution is -2.22. The summed E-state index contributed by atoms with van der Waals surface area (Å²) in [6.07, 6.45) is -1.81. The molecule has 2 atom stereocenters. The maximum absolute atomic E-state index is 11.0. The summed E-state index contributed by atoms with van der Waals surface area (Å²) in [5.41, 5.74) is 0.564. The third-order valence-corrected chi connectivity index (χ3v) is 3.76. The molecule has 1 aromatic carbocycles. The van der Waals surface area contributed by atoms with Crippen molar-refractivity contribution >= 4 is 23.2 Å². The van der Waals surface area contributed by atoms with Crippen molar-refractivity contribution in [2.24, 2.45) is 0 Å². The number of aliphatic hydroxyl groups excluding tert-OH is 2. The standard InChI is InChI=1S/C14H18O6S/c1-8(16)21-7-11(17)14(18)10-5-12(19-2)9(6-15)4-13(10)20-3/h4-6,11,14,17-18H,7H2,1-3H3. The minimum Gasteiger partial charge on any atom is -0.496 e. The summed E-state index contributed by atoms with van der Waals surface area (Å²) in [4.78, 5) is 21.9. The minimum absolute atomic E-state index is 0.0530. The lowest BCUT2D eigenvalue weighted by atomic mass is 10.0. The summed E-state index contributed by atoms with van der Waals surface area (Å²) in [6.45, 7) is 1.38. The van der Waals surface area contributed by atoms with Crippen LogP contribution in [0, 0.1) is 0 Å². The predicted octanol–water partition coefficient (Wildman–Crippen LogP) is 1.19. The van der Waals surface area contributed by atoms with E-state index in [2.05, 4.69) is 0 Å². The SMILES string of the molecule is COc1cc(C(O)C(O)CSC(C)=O)c(OC)cc1C=O. The Morgan fingerprint density at radius 3 is 2.38 bits per heavy atom. The van der Waals surface area contributed by atoms with Crippen molar-refractivity contribution in [1.29, 1.82) is 0 Å². The van der Waals surface area contributed by atoms with Crippen molar-refractivity contribution < 1.29 is 29.3 Å². The number of carbonyl (C=O) groups excluding carboxylic acids is 2. The Labute approximate surface area is 127 Å². The van der Waals surface area contributed by atoms with Gasteiger partial charge in [-0.1, -0.05) is 11.8 Å². The fourth-order valence-corrected chi connectivity index (χ4v) is 2.36. The highest BCUT2D eigenvalue weighted by Crippen LogP contribution is 2.34. The second kappa shape index (κ2) is 8.02. The molecule has 116 valence electrons. The van der Waals surface area contributed by atoms with Crippen molar-refractivity contribution in [3.05, 3.63) is 23.3 Å². The van der Waals surface area contributed by atoms with Crippen LogP contribution in [0.5, 0.6) is 11.5 Å². The number of ether oxygens (including phenoxy) is 2. The molecule has 0 aliphatic rings. The van der Waals surface area contributed by atoms with E-state index in [1.807, 2.05) is 0 Å². The van der Waals surface area contributed by atoms with Gasteiger partial charge < -0.3 is 19.7 Å². The number of thioether (sulfide) groups is 1. The third-order valence-electron chi connectivity index (χ3n) is 2.85. The van der Waals surface area contributed by atoms with Crippen molar-refractivity contribution in [2.75, 3.05) is 20.0 Å². The summed E-state index contributed by atoms with van der Waals surface area (Å²) >= 11 is 0.916. The zero-order chi connectivity index (χ0) is 16.0. The molecule has 1 rings (SSSR count). The van der Waals surface area contributed by atoms with E-state index in [1.54, 1.807) is 0 Å². The van der Waals surface area contributed by atoms with E-state index in [0.29, 0.717) is 6.29 Å². The van der Waals surface area contributed by atoms with Gasteiger partial charge in [0.1, 0.15) is 17.6 Å². The predicted molar refractivity (Wildman–Crippen MR) is 79.0 cm³/mol. The van der Waals surface area contributed by atoms with Crippen LogP contribution in [0.2, 0.25) is 0 Å². The van der Waals surface area contributed by atoms with Gasteiger partial charge in [0.15, 0.2) is 11.4 Å². The van der Waals surface area contributed by atoms with E-state index in [9.17, 15) is 19.8 Å². The number of benzene rings is 1. The minimum atomic E-state index is -1.26. The third kappa shape index (κ3) is 4.45. The molecular formula is C14H18O6S. The van der Waals surface area contributed by atoms with E-state index < -0.39 is 12.2 Å². The maximum Gasteiger partial charge on any atom is 0.185 e. The fourth-order valence-electron chi connectivity index (χ4n) is 1.77. The number of methoxy groups -OCH3 is 2. The fraction of sp³-hybridized carbons (Fsp3) is 0.429. The molecule has 0 heterocycles. The Morgan fingerprint density at radius 1 is 1.29 bits per heavy atom. The summed E-state index contributed by atoms with van der Waals surface area (Å²) in [5, 5.41) is 20.0. The van der Waals surface area contributed by atoms with E-state index in [4.69, 9.17) is 9.47 Å². The highest BCUT2D eigenvalue weighted by Gasteiger charge is 2.24. The van der Waals surface area contributed by atoms with Gasteiger partial charge in [0.2, 0.25) is 0 Å². The van der Waals surface area contributed by atoms with Gasteiger partial charge in [-0.15, -0.1) is 0 Å². The second-order valence-corrected chi connectivity index (χ2v) is 5.47. The molecule has 7 heteroatoms. The number of aliphatic hydroxyl groups is 2. The molecule has 0 amide bonds. The lowest BCUT2D eigenvalue weighted by molar-refractivity contribution is -0.109. The molecule has 2 unspecified atom stereocenters. The van der Waals surface area contributed by atoms with Gasteiger partial charge in [-0.05, 0) is 12.1 Å². The average Bonchev–Trinajstić information content (AvgIpc) is 2.50. The number of rotatable bonds is 7. The van der Waals surface area contributed by atoms with Gasteiger partial charge in [-0.25, -0.2) is 0 Å². The lowest BCUT2D eigenvalue weighted by Gasteiger charge is -2.21. The molecular weight excluding hydrogens is 296 g/mol. The molecule has 0 radical (unpaired) electrons. The Bertz CT molecular complexity index is 516. The normalized spacial score (nSPS) is 13.4. The Morgan fingerprint density at radius 2 is 1.90 bits per heavy atom. The zero-order valence-corrected chi connectivity index (χ0v) is 12.8. The van der Waals surface area contributed by atoms with Crippen molar-refractivity contribution in [3.63, 3.8) is 0 Å². The zero-order valence-electron chi connectivity index (χ0n) is 12.0. The molecule has 6 nitrogen and oxygen atoms in total.